The molecule has 20 heavy (non-hydrogen) atoms. The number of carbonyl (C=O) groups excluding carboxylic acids is 1. The van der Waals surface area contributed by atoms with Crippen LogP contribution in [0.5, 0.6) is 0 Å². The molecule has 3 heteroatoms. The van der Waals surface area contributed by atoms with Gasteiger partial charge in [0.2, 0.25) is 5.91 Å². The molecule has 1 aromatic rings. The Hall–Kier alpha value is -1.35. The summed E-state index contributed by atoms with van der Waals surface area (Å²) >= 11 is 0. The van der Waals surface area contributed by atoms with Gasteiger partial charge >= 0.3 is 0 Å². The molecule has 0 spiro atoms. The zero-order valence-electron chi connectivity index (χ0n) is 13.4. The Morgan fingerprint density at radius 3 is 2.15 bits per heavy atom. The highest BCUT2D eigenvalue weighted by atomic mass is 16.5. The number of hydrogen-bond donors (Lipinski definition) is 0. The van der Waals surface area contributed by atoms with Crippen molar-refractivity contribution >= 4 is 11.6 Å². The Bertz CT molecular complexity index is 420. The lowest BCUT2D eigenvalue weighted by Gasteiger charge is -2.31. The zero-order chi connectivity index (χ0) is 15.1. The number of amides is 1. The summed E-state index contributed by atoms with van der Waals surface area (Å²) in [6.45, 7) is 10.5. The molecule has 3 nitrogen and oxygen atoms in total. The van der Waals surface area contributed by atoms with Crippen molar-refractivity contribution in [2.24, 2.45) is 0 Å². The number of nitrogens with zero attached hydrogens (tertiary/aromatic N) is 1. The minimum atomic E-state index is -0.231. The molecule has 0 heterocycles. The van der Waals surface area contributed by atoms with Gasteiger partial charge in [-0.25, -0.2) is 0 Å². The summed E-state index contributed by atoms with van der Waals surface area (Å²) in [4.78, 5) is 13.9. The standard InChI is InChI=1S/C17H27NO2/c1-6-12-20-14(5)18(13(4)19)17-15(7-2)10-9-11-16(17)8-3/h9-11,14H,6-8,12H2,1-5H3. The third kappa shape index (κ3) is 3.83. The lowest BCUT2D eigenvalue weighted by Crippen LogP contribution is -2.40. The molecule has 0 aliphatic rings. The van der Waals surface area contributed by atoms with E-state index in [2.05, 4.69) is 39.0 Å². The quantitative estimate of drug-likeness (QED) is 0.707. The van der Waals surface area contributed by atoms with E-state index < -0.39 is 0 Å². The molecule has 0 fully saturated rings. The molecule has 0 N–H and O–H groups in total. The first-order chi connectivity index (χ1) is 9.56. The van der Waals surface area contributed by atoms with Gasteiger partial charge in [-0.2, -0.15) is 0 Å². The van der Waals surface area contributed by atoms with Crippen LogP contribution >= 0.6 is 0 Å². The van der Waals surface area contributed by atoms with Crippen molar-refractivity contribution in [2.75, 3.05) is 11.5 Å². The lowest BCUT2D eigenvalue weighted by molar-refractivity contribution is -0.119. The van der Waals surface area contributed by atoms with Crippen molar-refractivity contribution in [2.45, 2.75) is 60.1 Å². The molecule has 0 saturated heterocycles. The fraction of sp³-hybridized carbons (Fsp3) is 0.588. The second-order valence-corrected chi connectivity index (χ2v) is 4.99. The summed E-state index contributed by atoms with van der Waals surface area (Å²) in [5, 5.41) is 0. The highest BCUT2D eigenvalue weighted by Crippen LogP contribution is 2.29. The third-order valence-corrected chi connectivity index (χ3v) is 3.47. The van der Waals surface area contributed by atoms with E-state index in [4.69, 9.17) is 4.74 Å². The van der Waals surface area contributed by atoms with Crippen molar-refractivity contribution in [3.05, 3.63) is 29.3 Å². The smallest absolute Gasteiger partial charge is 0.225 e. The van der Waals surface area contributed by atoms with Crippen LogP contribution in [-0.2, 0) is 22.4 Å². The highest BCUT2D eigenvalue weighted by molar-refractivity contribution is 5.93. The van der Waals surface area contributed by atoms with Gasteiger partial charge in [-0.3, -0.25) is 9.69 Å². The Morgan fingerprint density at radius 1 is 1.20 bits per heavy atom. The van der Waals surface area contributed by atoms with Gasteiger partial charge in [-0.05, 0) is 37.3 Å². The van der Waals surface area contributed by atoms with Gasteiger partial charge in [-0.15, -0.1) is 0 Å². The summed E-state index contributed by atoms with van der Waals surface area (Å²) in [5.41, 5.74) is 3.44. The maximum absolute atomic E-state index is 12.1. The van der Waals surface area contributed by atoms with E-state index in [0.717, 1.165) is 24.9 Å². The molecule has 0 aromatic heterocycles. The SMILES string of the molecule is CCCOC(C)N(C(C)=O)c1c(CC)cccc1CC. The molecule has 0 radical (unpaired) electrons. The zero-order valence-corrected chi connectivity index (χ0v) is 13.4. The molecule has 1 unspecified atom stereocenters. The molecular formula is C17H27NO2. The average molecular weight is 277 g/mol. The van der Waals surface area contributed by atoms with Gasteiger partial charge in [0.15, 0.2) is 0 Å². The summed E-state index contributed by atoms with van der Waals surface area (Å²) in [6.07, 6.45) is 2.54. The fourth-order valence-corrected chi connectivity index (χ4v) is 2.48. The topological polar surface area (TPSA) is 29.5 Å². The van der Waals surface area contributed by atoms with E-state index in [-0.39, 0.29) is 12.1 Å². The van der Waals surface area contributed by atoms with Crippen LogP contribution in [0.25, 0.3) is 0 Å². The predicted octanol–water partition coefficient (Wildman–Crippen LogP) is 3.94. The van der Waals surface area contributed by atoms with E-state index in [1.807, 2.05) is 6.92 Å². The Labute approximate surface area is 122 Å². The van der Waals surface area contributed by atoms with E-state index in [1.165, 1.54) is 11.1 Å². The Balaban J connectivity index is 3.23. The first kappa shape index (κ1) is 16.7. The normalized spacial score (nSPS) is 12.2. The highest BCUT2D eigenvalue weighted by Gasteiger charge is 2.23. The van der Waals surface area contributed by atoms with Crippen LogP contribution in [0.2, 0.25) is 0 Å². The number of ether oxygens (including phenoxy) is 1. The van der Waals surface area contributed by atoms with Crippen molar-refractivity contribution in [1.29, 1.82) is 0 Å². The van der Waals surface area contributed by atoms with Crippen LogP contribution in [0.4, 0.5) is 5.69 Å². The second-order valence-electron chi connectivity index (χ2n) is 4.99. The van der Waals surface area contributed by atoms with Gasteiger partial charge in [0.1, 0.15) is 6.23 Å². The Kier molecular flexibility index (Phi) is 6.73. The average Bonchev–Trinajstić information content (AvgIpc) is 2.44. The van der Waals surface area contributed by atoms with Crippen LogP contribution in [0.3, 0.4) is 0 Å². The second kappa shape index (κ2) is 8.05. The van der Waals surface area contributed by atoms with Gasteiger partial charge in [0, 0.05) is 13.5 Å². The molecule has 1 amide bonds. The number of rotatable bonds is 7. The number of hydrogen-bond acceptors (Lipinski definition) is 2. The molecule has 0 aliphatic carbocycles. The molecule has 112 valence electrons. The first-order valence-corrected chi connectivity index (χ1v) is 7.58. The number of aryl methyl sites for hydroxylation is 2. The van der Waals surface area contributed by atoms with Crippen molar-refractivity contribution in [1.82, 2.24) is 0 Å². The van der Waals surface area contributed by atoms with Crippen molar-refractivity contribution < 1.29 is 9.53 Å². The van der Waals surface area contributed by atoms with Gasteiger partial charge < -0.3 is 4.74 Å². The van der Waals surface area contributed by atoms with Crippen LogP contribution in [-0.4, -0.2) is 18.7 Å². The molecular weight excluding hydrogens is 250 g/mol. The van der Waals surface area contributed by atoms with Gasteiger partial charge in [0.05, 0.1) is 5.69 Å². The minimum absolute atomic E-state index is 0.0317. The molecule has 1 atom stereocenters. The summed E-state index contributed by atoms with van der Waals surface area (Å²) in [6, 6.07) is 6.25. The largest absolute Gasteiger partial charge is 0.358 e. The molecule has 1 aromatic carbocycles. The lowest BCUT2D eigenvalue weighted by atomic mass is 10.0. The maximum Gasteiger partial charge on any atom is 0.225 e. The summed E-state index contributed by atoms with van der Waals surface area (Å²) in [5.74, 6) is 0.0317. The van der Waals surface area contributed by atoms with E-state index in [9.17, 15) is 4.79 Å². The summed E-state index contributed by atoms with van der Waals surface area (Å²) in [7, 11) is 0. The number of carbonyl (C=O) groups is 1. The van der Waals surface area contributed by atoms with Crippen molar-refractivity contribution in [3.8, 4) is 0 Å². The van der Waals surface area contributed by atoms with Crippen LogP contribution in [0.1, 0.15) is 52.2 Å². The third-order valence-electron chi connectivity index (χ3n) is 3.47. The molecule has 0 aliphatic heterocycles. The van der Waals surface area contributed by atoms with Crippen LogP contribution in [0.15, 0.2) is 18.2 Å². The van der Waals surface area contributed by atoms with E-state index >= 15 is 0 Å². The van der Waals surface area contributed by atoms with E-state index in [1.54, 1.807) is 11.8 Å². The molecule has 1 rings (SSSR count). The minimum Gasteiger partial charge on any atom is -0.358 e. The van der Waals surface area contributed by atoms with Crippen molar-refractivity contribution in [3.63, 3.8) is 0 Å². The monoisotopic (exact) mass is 277 g/mol. The number of benzene rings is 1. The van der Waals surface area contributed by atoms with E-state index in [0.29, 0.717) is 6.61 Å². The fourth-order valence-electron chi connectivity index (χ4n) is 2.48. The predicted molar refractivity (Wildman–Crippen MR) is 84.1 cm³/mol. The number of para-hydroxylation sites is 1. The van der Waals surface area contributed by atoms with Crippen LogP contribution in [0, 0.1) is 0 Å². The van der Waals surface area contributed by atoms with Crippen LogP contribution < -0.4 is 4.90 Å². The Morgan fingerprint density at radius 2 is 1.75 bits per heavy atom. The van der Waals surface area contributed by atoms with Gasteiger partial charge in [-0.1, -0.05) is 39.0 Å². The first-order valence-electron chi connectivity index (χ1n) is 7.58. The molecule has 0 bridgehead atoms. The molecule has 0 saturated carbocycles. The maximum atomic E-state index is 12.1. The summed E-state index contributed by atoms with van der Waals surface area (Å²) < 4.78 is 5.77. The van der Waals surface area contributed by atoms with Gasteiger partial charge in [0.25, 0.3) is 0 Å². The number of anilines is 1.